The van der Waals surface area contributed by atoms with Gasteiger partial charge in [0.15, 0.2) is 0 Å². The number of carboxylic acids is 1. The van der Waals surface area contributed by atoms with Gasteiger partial charge >= 0.3 is 29.6 Å². The normalized spacial score (nSPS) is 8.04. The summed E-state index contributed by atoms with van der Waals surface area (Å²) in [6, 6.07) is 0. The van der Waals surface area contributed by atoms with E-state index in [0.29, 0.717) is 22.1 Å². The maximum atomic E-state index is 11.3. The maximum absolute atomic E-state index is 11.3. The number of halogens is 3. The number of carboxylic acid groups (broad SMARTS) is 1. The molecule has 0 aliphatic carbocycles. The molecule has 0 bridgehead atoms. The molecule has 14 heteroatoms. The number of carbonyl (C=O) groups is 3. The first-order valence-electron chi connectivity index (χ1n) is 5.13. The first-order valence-corrected chi connectivity index (χ1v) is 8.37. The van der Waals surface area contributed by atoms with Crippen molar-refractivity contribution in [2.75, 3.05) is 10.6 Å². The molecule has 0 unspecified atom stereocenters. The van der Waals surface area contributed by atoms with Crippen LogP contribution in [-0.2, 0) is 9.59 Å². The first kappa shape index (κ1) is 36.6. The molecule has 25 heavy (non-hydrogen) atoms. The summed E-state index contributed by atoms with van der Waals surface area (Å²) in [7, 11) is 0. The number of anilines is 2. The van der Waals surface area contributed by atoms with Crippen LogP contribution in [0.15, 0.2) is 0 Å². The maximum Gasteiger partial charge on any atom is 1.00 e. The Bertz CT molecular complexity index is 587. The molecule has 0 aromatic heterocycles. The van der Waals surface area contributed by atoms with Gasteiger partial charge in [0.1, 0.15) is 0 Å². The van der Waals surface area contributed by atoms with E-state index >= 15 is 0 Å². The summed E-state index contributed by atoms with van der Waals surface area (Å²) >= 11 is 5.61. The third-order valence-corrected chi connectivity index (χ3v) is 5.36. The van der Waals surface area contributed by atoms with Crippen LogP contribution < -0.4 is 45.3 Å². The summed E-state index contributed by atoms with van der Waals surface area (Å²) in [4.78, 5) is 33.8. The van der Waals surface area contributed by atoms with Crippen molar-refractivity contribution >= 4 is 96.9 Å². The summed E-state index contributed by atoms with van der Waals surface area (Å²) in [5.41, 5.74) is 0.642. The van der Waals surface area contributed by atoms with E-state index in [0.717, 1.165) is 0 Å². The molecule has 0 aliphatic heterocycles. The second kappa shape index (κ2) is 15.7. The Morgan fingerprint density at radius 3 is 1.24 bits per heavy atom. The van der Waals surface area contributed by atoms with E-state index in [9.17, 15) is 19.5 Å². The predicted octanol–water partition coefficient (Wildman–Crippen LogP) is -4.51. The van der Waals surface area contributed by atoms with Crippen LogP contribution in [-0.4, -0.2) is 39.7 Å². The number of carbonyl (C=O) groups excluding carboxylic acids is 3. The SMILES string of the molecule is CC(=O)Nc1c(I)c(NC(C)=O)c(I)c(C(=O)[O-])c1I.O.O.O.O.[Na+]. The molecule has 0 fully saturated rings. The van der Waals surface area contributed by atoms with Crippen LogP contribution in [0.5, 0.6) is 0 Å². The fourth-order valence-electron chi connectivity index (χ4n) is 1.41. The molecular formula is C11H16I3N2NaO8. The Kier molecular flexibility index (Phi) is 22.9. The molecule has 0 aliphatic rings. The van der Waals surface area contributed by atoms with E-state index in [4.69, 9.17) is 0 Å². The molecular weight excluding hydrogens is 692 g/mol. The van der Waals surface area contributed by atoms with Gasteiger partial charge in [-0.25, -0.2) is 0 Å². The predicted molar refractivity (Wildman–Crippen MR) is 112 cm³/mol. The van der Waals surface area contributed by atoms with Gasteiger partial charge in [0, 0.05) is 26.6 Å². The van der Waals surface area contributed by atoms with E-state index in [1.54, 1.807) is 0 Å². The van der Waals surface area contributed by atoms with E-state index in [1.807, 2.05) is 67.8 Å². The molecule has 0 radical (unpaired) electrons. The second-order valence-electron chi connectivity index (χ2n) is 3.72. The quantitative estimate of drug-likeness (QED) is 0.234. The third-order valence-electron chi connectivity index (χ3n) is 2.12. The van der Waals surface area contributed by atoms with Gasteiger partial charge in [-0.05, 0) is 67.8 Å². The second-order valence-corrected chi connectivity index (χ2v) is 6.95. The van der Waals surface area contributed by atoms with Crippen molar-refractivity contribution in [3.8, 4) is 0 Å². The van der Waals surface area contributed by atoms with Crippen LogP contribution in [0, 0.1) is 10.7 Å². The van der Waals surface area contributed by atoms with Gasteiger partial charge in [-0.15, -0.1) is 0 Å². The standard InChI is InChI=1S/C11H9I3N2O4.Na.4H2O/c1-3(17)15-9-6(12)5(11(19)20)7(13)10(8(9)14)16-4(2)18;;;;;/h1-2H3,(H,15,17)(H,16,18)(H,19,20);;4*1H2/q;+1;;;;/p-1. The van der Waals surface area contributed by atoms with E-state index in [-0.39, 0.29) is 68.8 Å². The first-order chi connectivity index (χ1) is 9.16. The zero-order valence-corrected chi connectivity index (χ0v) is 21.7. The molecule has 0 saturated carbocycles. The minimum Gasteiger partial charge on any atom is -0.545 e. The van der Waals surface area contributed by atoms with Gasteiger partial charge in [0.25, 0.3) is 0 Å². The molecule has 0 heterocycles. The van der Waals surface area contributed by atoms with Gasteiger partial charge in [0.2, 0.25) is 11.8 Å². The molecule has 10 N–H and O–H groups in total. The van der Waals surface area contributed by atoms with Crippen molar-refractivity contribution in [1.82, 2.24) is 0 Å². The van der Waals surface area contributed by atoms with Crippen LogP contribution in [0.3, 0.4) is 0 Å². The van der Waals surface area contributed by atoms with E-state index in [2.05, 4.69) is 10.6 Å². The average Bonchev–Trinajstić information content (AvgIpc) is 2.29. The van der Waals surface area contributed by atoms with Gasteiger partial charge in [-0.1, -0.05) is 0 Å². The number of nitrogens with one attached hydrogen (secondary N) is 2. The number of hydrogen-bond acceptors (Lipinski definition) is 4. The Hall–Kier alpha value is 0.660. The Labute approximate surface area is 206 Å². The smallest absolute Gasteiger partial charge is 0.545 e. The van der Waals surface area contributed by atoms with Crippen LogP contribution >= 0.6 is 67.8 Å². The molecule has 1 rings (SSSR count). The van der Waals surface area contributed by atoms with Crippen molar-refractivity contribution < 1.29 is 71.0 Å². The van der Waals surface area contributed by atoms with Crippen molar-refractivity contribution in [2.45, 2.75) is 13.8 Å². The Morgan fingerprint density at radius 2 is 1.04 bits per heavy atom. The summed E-state index contributed by atoms with van der Waals surface area (Å²) in [6.45, 7) is 2.64. The van der Waals surface area contributed by atoms with Crippen LogP contribution in [0.4, 0.5) is 11.4 Å². The van der Waals surface area contributed by atoms with Gasteiger partial charge < -0.3 is 42.4 Å². The fourth-order valence-corrected chi connectivity index (χ4v) is 5.56. The summed E-state index contributed by atoms with van der Waals surface area (Å²) < 4.78 is 1.29. The molecule has 2 amide bonds. The van der Waals surface area contributed by atoms with E-state index in [1.165, 1.54) is 13.8 Å². The third kappa shape index (κ3) is 9.42. The number of aromatic carboxylic acids is 1. The van der Waals surface area contributed by atoms with Crippen molar-refractivity contribution in [3.63, 3.8) is 0 Å². The molecule has 140 valence electrons. The number of hydrogen-bond donors (Lipinski definition) is 2. The van der Waals surface area contributed by atoms with Crippen molar-refractivity contribution in [1.29, 1.82) is 0 Å². The average molecular weight is 708 g/mol. The molecule has 0 spiro atoms. The number of benzene rings is 1. The molecule has 0 atom stereocenters. The van der Waals surface area contributed by atoms with E-state index < -0.39 is 5.97 Å². The number of rotatable bonds is 3. The topological polar surface area (TPSA) is 224 Å². The van der Waals surface area contributed by atoms with Gasteiger partial charge in [-0.3, -0.25) is 9.59 Å². The Morgan fingerprint density at radius 1 is 0.760 bits per heavy atom. The molecule has 0 saturated heterocycles. The minimum absolute atomic E-state index is 0. The summed E-state index contributed by atoms with van der Waals surface area (Å²) in [5.74, 6) is -2.03. The summed E-state index contributed by atoms with van der Waals surface area (Å²) in [5, 5.41) is 16.4. The fraction of sp³-hybridized carbons (Fsp3) is 0.182. The van der Waals surface area contributed by atoms with Gasteiger partial charge in [0.05, 0.1) is 20.9 Å². The monoisotopic (exact) mass is 708 g/mol. The van der Waals surface area contributed by atoms with Crippen molar-refractivity contribution in [3.05, 3.63) is 16.3 Å². The largest absolute Gasteiger partial charge is 1.00 e. The summed E-state index contributed by atoms with van der Waals surface area (Å²) in [6.07, 6.45) is 0. The van der Waals surface area contributed by atoms with Gasteiger partial charge in [-0.2, -0.15) is 0 Å². The molecule has 10 nitrogen and oxygen atoms in total. The minimum atomic E-state index is -1.37. The Balaban J connectivity index is -0.000000267. The molecule has 1 aromatic rings. The zero-order valence-electron chi connectivity index (χ0n) is 13.3. The van der Waals surface area contributed by atoms with Crippen LogP contribution in [0.25, 0.3) is 0 Å². The number of amides is 2. The van der Waals surface area contributed by atoms with Crippen LogP contribution in [0.2, 0.25) is 0 Å². The zero-order chi connectivity index (χ0) is 15.6. The van der Waals surface area contributed by atoms with Crippen molar-refractivity contribution in [2.24, 2.45) is 0 Å². The van der Waals surface area contributed by atoms with Crippen LogP contribution in [0.1, 0.15) is 24.2 Å². The molecule has 1 aromatic carbocycles.